The van der Waals surface area contributed by atoms with E-state index in [0.29, 0.717) is 0 Å². The Bertz CT molecular complexity index is 883. The van der Waals surface area contributed by atoms with Crippen LogP contribution in [-0.4, -0.2) is 23.3 Å². The van der Waals surface area contributed by atoms with Crippen molar-refractivity contribution < 1.29 is 9.59 Å². The van der Waals surface area contributed by atoms with Crippen LogP contribution in [0.1, 0.15) is 11.1 Å². The van der Waals surface area contributed by atoms with Gasteiger partial charge in [0.1, 0.15) is 0 Å². The van der Waals surface area contributed by atoms with Gasteiger partial charge in [0, 0.05) is 22.8 Å². The molecule has 0 spiro atoms. The third kappa shape index (κ3) is 3.81. The lowest BCUT2D eigenvalue weighted by molar-refractivity contribution is -0.123. The molecule has 0 aliphatic carbocycles. The number of aryl methyl sites for hydroxylation is 1. The van der Waals surface area contributed by atoms with E-state index in [9.17, 15) is 9.59 Å². The Morgan fingerprint density at radius 1 is 1.04 bits per heavy atom. The molecule has 0 atom stereocenters. The largest absolute Gasteiger partial charge is 0.361 e. The summed E-state index contributed by atoms with van der Waals surface area (Å²) in [4.78, 5) is 27.1. The molecule has 5 heteroatoms. The summed E-state index contributed by atoms with van der Waals surface area (Å²) < 4.78 is 0. The second-order valence-electron chi connectivity index (χ2n) is 5.73. The molecule has 5 nitrogen and oxygen atoms in total. The first-order valence-corrected chi connectivity index (χ1v) is 7.80. The van der Waals surface area contributed by atoms with Crippen LogP contribution >= 0.6 is 0 Å². The van der Waals surface area contributed by atoms with Gasteiger partial charge in [-0.15, -0.1) is 0 Å². The molecule has 122 valence electrons. The zero-order valence-electron chi connectivity index (χ0n) is 13.4. The number of para-hydroxylation sites is 1. The Morgan fingerprint density at radius 3 is 2.71 bits per heavy atom. The first-order valence-electron chi connectivity index (χ1n) is 7.80. The molecule has 0 aliphatic rings. The van der Waals surface area contributed by atoms with Crippen LogP contribution in [0.2, 0.25) is 0 Å². The molecule has 1 aromatic heterocycles. The predicted molar refractivity (Wildman–Crippen MR) is 94.8 cm³/mol. The first kappa shape index (κ1) is 15.8. The zero-order valence-corrected chi connectivity index (χ0v) is 13.4. The van der Waals surface area contributed by atoms with Gasteiger partial charge in [-0.2, -0.15) is 0 Å². The van der Waals surface area contributed by atoms with Gasteiger partial charge in [-0.1, -0.05) is 30.3 Å². The Hall–Kier alpha value is -3.08. The molecule has 0 radical (unpaired) electrons. The van der Waals surface area contributed by atoms with Crippen molar-refractivity contribution in [1.29, 1.82) is 0 Å². The maximum atomic E-state index is 12.1. The van der Waals surface area contributed by atoms with Crippen molar-refractivity contribution in [3.8, 4) is 0 Å². The van der Waals surface area contributed by atoms with Gasteiger partial charge in [0.05, 0.1) is 13.0 Å². The number of carbonyl (C=O) groups excluding carboxylic acids is 2. The van der Waals surface area contributed by atoms with Gasteiger partial charge >= 0.3 is 0 Å². The highest BCUT2D eigenvalue weighted by Crippen LogP contribution is 2.17. The number of rotatable bonds is 5. The highest BCUT2D eigenvalue weighted by atomic mass is 16.2. The Labute approximate surface area is 140 Å². The molecule has 0 fully saturated rings. The van der Waals surface area contributed by atoms with E-state index >= 15 is 0 Å². The Morgan fingerprint density at radius 2 is 1.88 bits per heavy atom. The SMILES string of the molecule is Cc1cccc(NC(=O)CNC(=O)Cc2c[nH]c3ccccc23)c1. The molecule has 3 rings (SSSR count). The van der Waals surface area contributed by atoms with Crippen LogP contribution < -0.4 is 10.6 Å². The zero-order chi connectivity index (χ0) is 16.9. The van der Waals surface area contributed by atoms with Crippen molar-refractivity contribution in [2.45, 2.75) is 13.3 Å². The van der Waals surface area contributed by atoms with Crippen LogP contribution in [0.15, 0.2) is 54.7 Å². The maximum Gasteiger partial charge on any atom is 0.243 e. The van der Waals surface area contributed by atoms with Gasteiger partial charge in [0.2, 0.25) is 11.8 Å². The van der Waals surface area contributed by atoms with Crippen LogP contribution in [0, 0.1) is 6.92 Å². The van der Waals surface area contributed by atoms with Crippen molar-refractivity contribution in [2.75, 3.05) is 11.9 Å². The number of fused-ring (bicyclic) bond motifs is 1. The molecule has 0 bridgehead atoms. The fourth-order valence-corrected chi connectivity index (χ4v) is 2.62. The number of amides is 2. The van der Waals surface area contributed by atoms with Crippen LogP contribution in [0.25, 0.3) is 10.9 Å². The van der Waals surface area contributed by atoms with E-state index in [-0.39, 0.29) is 24.8 Å². The lowest BCUT2D eigenvalue weighted by atomic mass is 10.1. The molecular formula is C19H19N3O2. The number of aromatic amines is 1. The molecule has 0 saturated carbocycles. The van der Waals surface area contributed by atoms with Gasteiger partial charge in [-0.25, -0.2) is 0 Å². The second-order valence-corrected chi connectivity index (χ2v) is 5.73. The third-order valence-corrected chi connectivity index (χ3v) is 3.77. The quantitative estimate of drug-likeness (QED) is 0.676. The number of aromatic nitrogens is 1. The normalized spacial score (nSPS) is 10.5. The average Bonchev–Trinajstić information content (AvgIpc) is 2.96. The van der Waals surface area contributed by atoms with Crippen molar-refractivity contribution >= 4 is 28.4 Å². The number of hydrogen-bond donors (Lipinski definition) is 3. The number of carbonyl (C=O) groups is 2. The molecule has 3 N–H and O–H groups in total. The summed E-state index contributed by atoms with van der Waals surface area (Å²) in [7, 11) is 0. The number of anilines is 1. The molecule has 0 saturated heterocycles. The third-order valence-electron chi connectivity index (χ3n) is 3.77. The minimum absolute atomic E-state index is 0.0465. The van der Waals surface area contributed by atoms with Gasteiger partial charge in [0.15, 0.2) is 0 Å². The fraction of sp³-hybridized carbons (Fsp3) is 0.158. The van der Waals surface area contributed by atoms with E-state index in [2.05, 4.69) is 15.6 Å². The lowest BCUT2D eigenvalue weighted by Gasteiger charge is -2.07. The summed E-state index contributed by atoms with van der Waals surface area (Å²) >= 11 is 0. The monoisotopic (exact) mass is 321 g/mol. The molecule has 2 amide bonds. The summed E-state index contributed by atoms with van der Waals surface area (Å²) in [5, 5.41) is 6.45. The molecule has 2 aromatic carbocycles. The van der Waals surface area contributed by atoms with E-state index in [1.807, 2.05) is 61.7 Å². The molecule has 3 aromatic rings. The minimum Gasteiger partial charge on any atom is -0.361 e. The van der Waals surface area contributed by atoms with E-state index in [1.165, 1.54) is 0 Å². The number of benzene rings is 2. The summed E-state index contributed by atoms with van der Waals surface area (Å²) in [5.74, 6) is -0.424. The average molecular weight is 321 g/mol. The molecule has 24 heavy (non-hydrogen) atoms. The van der Waals surface area contributed by atoms with Crippen LogP contribution in [0.5, 0.6) is 0 Å². The van der Waals surface area contributed by atoms with Crippen LogP contribution in [0.3, 0.4) is 0 Å². The Balaban J connectivity index is 1.53. The number of nitrogens with one attached hydrogen (secondary N) is 3. The highest BCUT2D eigenvalue weighted by Gasteiger charge is 2.10. The van der Waals surface area contributed by atoms with Crippen LogP contribution in [0.4, 0.5) is 5.69 Å². The second kappa shape index (κ2) is 7.00. The van der Waals surface area contributed by atoms with Crippen LogP contribution in [-0.2, 0) is 16.0 Å². The topological polar surface area (TPSA) is 74.0 Å². The van der Waals surface area contributed by atoms with Gasteiger partial charge in [-0.3, -0.25) is 9.59 Å². The molecule has 1 heterocycles. The van der Waals surface area contributed by atoms with E-state index in [4.69, 9.17) is 0 Å². The summed E-state index contributed by atoms with van der Waals surface area (Å²) in [6.07, 6.45) is 2.07. The molecule has 0 aliphatic heterocycles. The maximum absolute atomic E-state index is 12.1. The van der Waals surface area contributed by atoms with Gasteiger partial charge in [-0.05, 0) is 36.2 Å². The summed E-state index contributed by atoms with van der Waals surface area (Å²) in [6.45, 7) is 1.91. The van der Waals surface area contributed by atoms with Gasteiger partial charge < -0.3 is 15.6 Å². The van der Waals surface area contributed by atoms with E-state index < -0.39 is 0 Å². The van der Waals surface area contributed by atoms with Crippen molar-refractivity contribution in [1.82, 2.24) is 10.3 Å². The molecular weight excluding hydrogens is 302 g/mol. The molecule has 0 unspecified atom stereocenters. The Kier molecular flexibility index (Phi) is 4.61. The lowest BCUT2D eigenvalue weighted by Crippen LogP contribution is -2.33. The predicted octanol–water partition coefficient (Wildman–Crippen LogP) is 2.77. The van der Waals surface area contributed by atoms with E-state index in [1.54, 1.807) is 0 Å². The smallest absolute Gasteiger partial charge is 0.243 e. The first-order chi connectivity index (χ1) is 11.6. The van der Waals surface area contributed by atoms with Crippen molar-refractivity contribution in [3.63, 3.8) is 0 Å². The highest BCUT2D eigenvalue weighted by molar-refractivity contribution is 5.95. The van der Waals surface area contributed by atoms with Crippen molar-refractivity contribution in [2.24, 2.45) is 0 Å². The van der Waals surface area contributed by atoms with Gasteiger partial charge in [0.25, 0.3) is 0 Å². The van der Waals surface area contributed by atoms with E-state index in [0.717, 1.165) is 27.7 Å². The fourth-order valence-electron chi connectivity index (χ4n) is 2.62. The van der Waals surface area contributed by atoms with Crippen molar-refractivity contribution in [3.05, 3.63) is 65.9 Å². The number of H-pyrrole nitrogens is 1. The minimum atomic E-state index is -0.243. The summed E-state index contributed by atoms with van der Waals surface area (Å²) in [5.41, 5.74) is 3.71. The number of hydrogen-bond acceptors (Lipinski definition) is 2. The standard InChI is InChI=1S/C19H19N3O2/c1-13-5-4-6-15(9-13)22-19(24)12-21-18(23)10-14-11-20-17-8-3-2-7-16(14)17/h2-9,11,20H,10,12H2,1H3,(H,21,23)(H,22,24). The summed E-state index contributed by atoms with van der Waals surface area (Å²) in [6, 6.07) is 15.3.